The number of hydrogen-bond donors (Lipinski definition) is 1. The van der Waals surface area contributed by atoms with Gasteiger partial charge in [-0.05, 0) is 38.6 Å². The molecule has 1 aromatic rings. The Kier molecular flexibility index (Phi) is 4.33. The second-order valence-electron chi connectivity index (χ2n) is 5.77. The first kappa shape index (κ1) is 13.3. The van der Waals surface area contributed by atoms with Crippen molar-refractivity contribution < 1.29 is 0 Å². The summed E-state index contributed by atoms with van der Waals surface area (Å²) in [5.41, 5.74) is 0. The SMILES string of the molecule is CCCc1nsc(N(CC2CCCCN2)C2CC2)n1. The van der Waals surface area contributed by atoms with Gasteiger partial charge in [0.1, 0.15) is 5.82 Å². The quantitative estimate of drug-likeness (QED) is 0.869. The van der Waals surface area contributed by atoms with Crippen LogP contribution in [0.25, 0.3) is 0 Å². The summed E-state index contributed by atoms with van der Waals surface area (Å²) in [5.74, 6) is 1.03. The van der Waals surface area contributed by atoms with Crippen LogP contribution in [0.15, 0.2) is 0 Å². The molecule has 0 radical (unpaired) electrons. The lowest BCUT2D eigenvalue weighted by atomic mass is 10.0. The molecule has 1 aliphatic heterocycles. The number of anilines is 1. The number of nitrogens with zero attached hydrogens (tertiary/aromatic N) is 3. The van der Waals surface area contributed by atoms with Crippen molar-refractivity contribution >= 4 is 16.7 Å². The van der Waals surface area contributed by atoms with Crippen LogP contribution >= 0.6 is 11.5 Å². The average molecular weight is 280 g/mol. The molecular formula is C14H24N4S. The van der Waals surface area contributed by atoms with Crippen molar-refractivity contribution in [1.82, 2.24) is 14.7 Å². The summed E-state index contributed by atoms with van der Waals surface area (Å²) in [7, 11) is 0. The van der Waals surface area contributed by atoms with Crippen LogP contribution in [0.3, 0.4) is 0 Å². The van der Waals surface area contributed by atoms with Crippen LogP contribution in [0.2, 0.25) is 0 Å². The minimum atomic E-state index is 0.646. The Labute approximate surface area is 119 Å². The molecule has 0 amide bonds. The summed E-state index contributed by atoms with van der Waals surface area (Å²) in [5, 5.41) is 4.80. The van der Waals surface area contributed by atoms with Crippen LogP contribution in [0.5, 0.6) is 0 Å². The normalized spacial score (nSPS) is 23.5. The molecule has 2 fully saturated rings. The Morgan fingerprint density at radius 3 is 2.89 bits per heavy atom. The first-order valence-electron chi connectivity index (χ1n) is 7.69. The molecule has 0 spiro atoms. The van der Waals surface area contributed by atoms with Gasteiger partial charge in [0.25, 0.3) is 0 Å². The Bertz CT molecular complexity index is 396. The van der Waals surface area contributed by atoms with Gasteiger partial charge in [-0.15, -0.1) is 0 Å². The Morgan fingerprint density at radius 1 is 1.32 bits per heavy atom. The predicted octanol–water partition coefficient (Wildman–Crippen LogP) is 2.60. The van der Waals surface area contributed by atoms with Gasteiger partial charge in [0, 0.05) is 36.6 Å². The number of hydrogen-bond acceptors (Lipinski definition) is 5. The van der Waals surface area contributed by atoms with Gasteiger partial charge in [-0.2, -0.15) is 4.37 Å². The molecule has 1 N–H and O–H groups in total. The smallest absolute Gasteiger partial charge is 0.205 e. The van der Waals surface area contributed by atoms with Crippen LogP contribution < -0.4 is 10.2 Å². The highest BCUT2D eigenvalue weighted by molar-refractivity contribution is 7.09. The van der Waals surface area contributed by atoms with Gasteiger partial charge in [0.2, 0.25) is 5.13 Å². The minimum absolute atomic E-state index is 0.646. The van der Waals surface area contributed by atoms with E-state index in [1.54, 1.807) is 11.5 Å². The van der Waals surface area contributed by atoms with Crippen LogP contribution in [-0.4, -0.2) is 34.5 Å². The van der Waals surface area contributed by atoms with Crippen LogP contribution in [0, 0.1) is 0 Å². The van der Waals surface area contributed by atoms with Crippen molar-refractivity contribution in [3.8, 4) is 0 Å². The summed E-state index contributed by atoms with van der Waals surface area (Å²) < 4.78 is 4.50. The molecule has 1 atom stereocenters. The lowest BCUT2D eigenvalue weighted by Crippen LogP contribution is -2.44. The highest BCUT2D eigenvalue weighted by Gasteiger charge is 2.33. The fraction of sp³-hybridized carbons (Fsp3) is 0.857. The lowest BCUT2D eigenvalue weighted by Gasteiger charge is -2.30. The van der Waals surface area contributed by atoms with Crippen LogP contribution in [-0.2, 0) is 6.42 Å². The summed E-state index contributed by atoms with van der Waals surface area (Å²) in [4.78, 5) is 7.25. The molecule has 19 heavy (non-hydrogen) atoms. The molecule has 4 nitrogen and oxygen atoms in total. The Balaban J connectivity index is 1.65. The van der Waals surface area contributed by atoms with E-state index >= 15 is 0 Å². The van der Waals surface area contributed by atoms with Crippen molar-refractivity contribution in [1.29, 1.82) is 0 Å². The van der Waals surface area contributed by atoms with Crippen molar-refractivity contribution in [2.45, 2.75) is 64.0 Å². The summed E-state index contributed by atoms with van der Waals surface area (Å²) in [6.07, 6.45) is 8.81. The zero-order chi connectivity index (χ0) is 13.1. The van der Waals surface area contributed by atoms with Gasteiger partial charge < -0.3 is 10.2 Å². The van der Waals surface area contributed by atoms with Gasteiger partial charge in [-0.1, -0.05) is 13.3 Å². The standard InChI is InChI=1S/C14H24N4S/c1-2-5-13-16-14(19-17-13)18(12-7-8-12)10-11-6-3-4-9-15-11/h11-12,15H,2-10H2,1H3. The van der Waals surface area contributed by atoms with E-state index in [1.807, 2.05) is 0 Å². The molecule has 2 aliphatic rings. The van der Waals surface area contributed by atoms with Gasteiger partial charge >= 0.3 is 0 Å². The Hall–Kier alpha value is -0.680. The molecule has 3 rings (SSSR count). The third-order valence-corrected chi connectivity index (χ3v) is 4.78. The topological polar surface area (TPSA) is 41.1 Å². The Morgan fingerprint density at radius 2 is 2.21 bits per heavy atom. The van der Waals surface area contributed by atoms with E-state index in [1.165, 1.54) is 38.6 Å². The highest BCUT2D eigenvalue weighted by Crippen LogP contribution is 2.33. The molecule has 1 aromatic heterocycles. The molecule has 1 saturated heterocycles. The molecular weight excluding hydrogens is 256 g/mol. The highest BCUT2D eigenvalue weighted by atomic mass is 32.1. The third-order valence-electron chi connectivity index (χ3n) is 3.99. The van der Waals surface area contributed by atoms with Crippen molar-refractivity contribution in [2.75, 3.05) is 18.0 Å². The summed E-state index contributed by atoms with van der Waals surface area (Å²) in [6, 6.07) is 1.37. The zero-order valence-corrected chi connectivity index (χ0v) is 12.6. The van der Waals surface area contributed by atoms with E-state index in [0.29, 0.717) is 6.04 Å². The van der Waals surface area contributed by atoms with E-state index in [-0.39, 0.29) is 0 Å². The molecule has 1 aliphatic carbocycles. The van der Waals surface area contributed by atoms with E-state index in [4.69, 9.17) is 4.98 Å². The van der Waals surface area contributed by atoms with Gasteiger partial charge in [0.15, 0.2) is 0 Å². The van der Waals surface area contributed by atoms with E-state index < -0.39 is 0 Å². The van der Waals surface area contributed by atoms with Crippen LogP contribution in [0.1, 0.15) is 51.3 Å². The van der Waals surface area contributed by atoms with Gasteiger partial charge in [-0.3, -0.25) is 0 Å². The minimum Gasteiger partial charge on any atom is -0.342 e. The molecule has 1 unspecified atom stereocenters. The number of aromatic nitrogens is 2. The molecule has 106 valence electrons. The first-order chi connectivity index (χ1) is 9.36. The third kappa shape index (κ3) is 3.45. The van der Waals surface area contributed by atoms with Crippen LogP contribution in [0.4, 0.5) is 5.13 Å². The summed E-state index contributed by atoms with van der Waals surface area (Å²) in [6.45, 7) is 4.48. The van der Waals surface area contributed by atoms with Crippen molar-refractivity contribution in [2.24, 2.45) is 0 Å². The second-order valence-corrected chi connectivity index (χ2v) is 6.50. The monoisotopic (exact) mass is 280 g/mol. The maximum absolute atomic E-state index is 4.73. The number of piperidine rings is 1. The van der Waals surface area contributed by atoms with E-state index in [9.17, 15) is 0 Å². The van der Waals surface area contributed by atoms with E-state index in [0.717, 1.165) is 36.4 Å². The fourth-order valence-corrected chi connectivity index (χ4v) is 3.57. The number of rotatable bonds is 6. The van der Waals surface area contributed by atoms with E-state index in [2.05, 4.69) is 21.5 Å². The molecule has 0 bridgehead atoms. The maximum Gasteiger partial charge on any atom is 0.205 e. The lowest BCUT2D eigenvalue weighted by molar-refractivity contribution is 0.398. The number of aryl methyl sites for hydroxylation is 1. The maximum atomic E-state index is 4.73. The van der Waals surface area contributed by atoms with Crippen molar-refractivity contribution in [3.63, 3.8) is 0 Å². The number of nitrogens with one attached hydrogen (secondary N) is 1. The van der Waals surface area contributed by atoms with Gasteiger partial charge in [0.05, 0.1) is 0 Å². The molecule has 2 heterocycles. The molecule has 1 saturated carbocycles. The molecule has 0 aromatic carbocycles. The molecule has 5 heteroatoms. The largest absolute Gasteiger partial charge is 0.342 e. The first-order valence-corrected chi connectivity index (χ1v) is 8.46. The second kappa shape index (κ2) is 6.18. The average Bonchev–Trinajstić information content (AvgIpc) is 3.18. The van der Waals surface area contributed by atoms with Gasteiger partial charge in [-0.25, -0.2) is 4.98 Å². The summed E-state index contributed by atoms with van der Waals surface area (Å²) >= 11 is 1.59. The van der Waals surface area contributed by atoms with Crippen molar-refractivity contribution in [3.05, 3.63) is 5.82 Å². The predicted molar refractivity (Wildman–Crippen MR) is 79.9 cm³/mol. The zero-order valence-electron chi connectivity index (χ0n) is 11.8. The fourth-order valence-electron chi connectivity index (χ4n) is 2.77.